The minimum Gasteiger partial charge on any atom is -0.389 e. The van der Waals surface area contributed by atoms with Crippen molar-refractivity contribution in [3.8, 4) is 0 Å². The van der Waals surface area contributed by atoms with Crippen LogP contribution in [0.1, 0.15) is 11.3 Å². The Morgan fingerprint density at radius 3 is 2.55 bits per heavy atom. The largest absolute Gasteiger partial charge is 0.389 e. The molecule has 104 valence electrons. The molecule has 0 spiro atoms. The van der Waals surface area contributed by atoms with Crippen LogP contribution in [-0.4, -0.2) is 18.4 Å². The third-order valence-electron chi connectivity index (χ3n) is 2.61. The summed E-state index contributed by atoms with van der Waals surface area (Å²) < 4.78 is 27.0. The van der Waals surface area contributed by atoms with Crippen LogP contribution in [0.4, 0.5) is 0 Å². The fraction of sp³-hybridized carbons (Fsp3) is 0.0769. The van der Waals surface area contributed by atoms with Crippen molar-refractivity contribution in [2.75, 3.05) is 0 Å². The van der Waals surface area contributed by atoms with Crippen LogP contribution in [0.25, 0.3) is 0 Å². The normalized spacial score (nSPS) is 11.2. The Morgan fingerprint density at radius 1 is 1.20 bits per heavy atom. The van der Waals surface area contributed by atoms with Gasteiger partial charge in [-0.1, -0.05) is 36.5 Å². The van der Waals surface area contributed by atoms with Gasteiger partial charge in [-0.2, -0.15) is 0 Å². The van der Waals surface area contributed by atoms with Gasteiger partial charge in [-0.3, -0.25) is 4.98 Å². The molecule has 0 atom stereocenters. The van der Waals surface area contributed by atoms with Gasteiger partial charge in [0.25, 0.3) is 0 Å². The van der Waals surface area contributed by atoms with Crippen LogP contribution >= 0.6 is 12.2 Å². The summed E-state index contributed by atoms with van der Waals surface area (Å²) >= 11 is 4.87. The Balaban J connectivity index is 2.25. The number of hydrogen-bond acceptors (Lipinski definition) is 4. The number of thiocarbonyl (C=S) groups is 1. The fourth-order valence-corrected chi connectivity index (χ4v) is 3.12. The van der Waals surface area contributed by atoms with Crippen LogP contribution < -0.4 is 10.5 Å². The number of aromatic nitrogens is 1. The standard InChI is InChI=1S/C13H13N3O2S2/c14-13(19)11-6-1-2-7-12(11)20(17,18)16-9-10-5-3-4-8-15-10/h1-8,16H,9H2,(H2,14,19). The molecule has 1 heterocycles. The molecule has 0 saturated heterocycles. The first-order chi connectivity index (χ1) is 9.50. The van der Waals surface area contributed by atoms with Crippen molar-refractivity contribution in [2.45, 2.75) is 11.4 Å². The van der Waals surface area contributed by atoms with E-state index in [0.717, 1.165) is 0 Å². The van der Waals surface area contributed by atoms with Crippen LogP contribution in [0, 0.1) is 0 Å². The lowest BCUT2D eigenvalue weighted by atomic mass is 10.2. The molecule has 7 heteroatoms. The van der Waals surface area contributed by atoms with Crippen LogP contribution in [0.15, 0.2) is 53.6 Å². The Bertz CT molecular complexity index is 715. The topological polar surface area (TPSA) is 85.1 Å². The monoisotopic (exact) mass is 307 g/mol. The average molecular weight is 307 g/mol. The molecule has 0 aliphatic heterocycles. The summed E-state index contributed by atoms with van der Waals surface area (Å²) in [4.78, 5) is 4.17. The van der Waals surface area contributed by atoms with Crippen LogP contribution in [-0.2, 0) is 16.6 Å². The smallest absolute Gasteiger partial charge is 0.241 e. The van der Waals surface area contributed by atoms with Crippen molar-refractivity contribution >= 4 is 27.2 Å². The minimum atomic E-state index is -3.69. The lowest BCUT2D eigenvalue weighted by molar-refractivity contribution is 0.580. The van der Waals surface area contributed by atoms with Crippen LogP contribution in [0.5, 0.6) is 0 Å². The van der Waals surface area contributed by atoms with Crippen molar-refractivity contribution in [2.24, 2.45) is 5.73 Å². The van der Waals surface area contributed by atoms with E-state index in [9.17, 15) is 8.42 Å². The third-order valence-corrected chi connectivity index (χ3v) is 4.29. The molecule has 0 saturated carbocycles. The highest BCUT2D eigenvalue weighted by atomic mass is 32.2. The summed E-state index contributed by atoms with van der Waals surface area (Å²) in [5.74, 6) is 0. The summed E-state index contributed by atoms with van der Waals surface area (Å²) in [6, 6.07) is 11.7. The number of sulfonamides is 1. The molecule has 1 aromatic heterocycles. The van der Waals surface area contributed by atoms with Gasteiger partial charge in [0.05, 0.1) is 17.1 Å². The van der Waals surface area contributed by atoms with E-state index in [1.54, 1.807) is 42.6 Å². The summed E-state index contributed by atoms with van der Waals surface area (Å²) in [7, 11) is -3.69. The number of hydrogen-bond donors (Lipinski definition) is 2. The molecule has 2 aromatic rings. The SMILES string of the molecule is NC(=S)c1ccccc1S(=O)(=O)NCc1ccccn1. The van der Waals surface area contributed by atoms with E-state index in [4.69, 9.17) is 18.0 Å². The molecule has 0 fully saturated rings. The summed E-state index contributed by atoms with van der Waals surface area (Å²) in [5.41, 5.74) is 6.50. The zero-order chi connectivity index (χ0) is 14.6. The number of pyridine rings is 1. The maximum Gasteiger partial charge on any atom is 0.241 e. The minimum absolute atomic E-state index is 0.0452. The first kappa shape index (κ1) is 14.6. The van der Waals surface area contributed by atoms with Crippen LogP contribution in [0.3, 0.4) is 0 Å². The van der Waals surface area contributed by atoms with Crippen molar-refractivity contribution in [1.29, 1.82) is 0 Å². The maximum atomic E-state index is 12.3. The second-order valence-electron chi connectivity index (χ2n) is 4.01. The summed E-state index contributed by atoms with van der Waals surface area (Å²) in [6.07, 6.45) is 1.60. The number of nitrogens with two attached hydrogens (primary N) is 1. The summed E-state index contributed by atoms with van der Waals surface area (Å²) in [6.45, 7) is 0.106. The van der Waals surface area contributed by atoms with Gasteiger partial charge in [-0.15, -0.1) is 0 Å². The molecular weight excluding hydrogens is 294 g/mol. The van der Waals surface area contributed by atoms with Crippen molar-refractivity contribution in [1.82, 2.24) is 9.71 Å². The molecule has 20 heavy (non-hydrogen) atoms. The molecule has 0 aliphatic rings. The molecule has 1 aromatic carbocycles. The molecule has 5 nitrogen and oxygen atoms in total. The van der Waals surface area contributed by atoms with Gasteiger partial charge in [0, 0.05) is 11.8 Å². The predicted molar refractivity (Wildman–Crippen MR) is 80.6 cm³/mol. The van der Waals surface area contributed by atoms with Crippen LogP contribution in [0.2, 0.25) is 0 Å². The van der Waals surface area contributed by atoms with Gasteiger partial charge in [0.15, 0.2) is 0 Å². The Hall–Kier alpha value is -1.83. The van der Waals surface area contributed by atoms with E-state index in [1.807, 2.05) is 0 Å². The van der Waals surface area contributed by atoms with E-state index in [-0.39, 0.29) is 16.4 Å². The number of nitrogens with zero attached hydrogens (tertiary/aromatic N) is 1. The first-order valence-electron chi connectivity index (χ1n) is 5.79. The number of nitrogens with one attached hydrogen (secondary N) is 1. The Morgan fingerprint density at radius 2 is 1.90 bits per heavy atom. The molecule has 0 aliphatic carbocycles. The molecule has 0 unspecified atom stereocenters. The van der Waals surface area contributed by atoms with E-state index >= 15 is 0 Å². The van der Waals surface area contributed by atoms with E-state index in [1.165, 1.54) is 6.07 Å². The zero-order valence-electron chi connectivity index (χ0n) is 10.5. The molecular formula is C13H13N3O2S2. The van der Waals surface area contributed by atoms with E-state index in [2.05, 4.69) is 9.71 Å². The highest BCUT2D eigenvalue weighted by Crippen LogP contribution is 2.15. The van der Waals surface area contributed by atoms with Gasteiger partial charge >= 0.3 is 0 Å². The Kier molecular flexibility index (Phi) is 4.43. The van der Waals surface area contributed by atoms with Gasteiger partial charge in [-0.25, -0.2) is 13.1 Å². The van der Waals surface area contributed by atoms with E-state index < -0.39 is 10.0 Å². The highest BCUT2D eigenvalue weighted by Gasteiger charge is 2.19. The summed E-state index contributed by atoms with van der Waals surface area (Å²) in [5, 5.41) is 0. The predicted octanol–water partition coefficient (Wildman–Crippen LogP) is 1.19. The highest BCUT2D eigenvalue weighted by molar-refractivity contribution is 7.89. The quantitative estimate of drug-likeness (QED) is 0.811. The van der Waals surface area contributed by atoms with Gasteiger partial charge in [-0.05, 0) is 18.2 Å². The molecule has 2 rings (SSSR count). The molecule has 0 bridgehead atoms. The van der Waals surface area contributed by atoms with E-state index in [0.29, 0.717) is 11.3 Å². The average Bonchev–Trinajstić information content (AvgIpc) is 2.46. The molecule has 0 radical (unpaired) electrons. The first-order valence-corrected chi connectivity index (χ1v) is 7.68. The molecule has 0 amide bonds. The second-order valence-corrected chi connectivity index (χ2v) is 6.18. The molecule has 3 N–H and O–H groups in total. The van der Waals surface area contributed by atoms with Gasteiger partial charge < -0.3 is 5.73 Å². The second kappa shape index (κ2) is 6.08. The number of rotatable bonds is 5. The van der Waals surface area contributed by atoms with Crippen molar-refractivity contribution < 1.29 is 8.42 Å². The van der Waals surface area contributed by atoms with Gasteiger partial charge in [0.2, 0.25) is 10.0 Å². The lowest BCUT2D eigenvalue weighted by Gasteiger charge is -2.10. The zero-order valence-corrected chi connectivity index (χ0v) is 12.1. The van der Waals surface area contributed by atoms with Crippen molar-refractivity contribution in [3.05, 3.63) is 59.9 Å². The number of benzene rings is 1. The van der Waals surface area contributed by atoms with Gasteiger partial charge in [0.1, 0.15) is 4.99 Å². The third kappa shape index (κ3) is 3.38. The maximum absolute atomic E-state index is 12.3. The lowest BCUT2D eigenvalue weighted by Crippen LogP contribution is -2.26. The fourth-order valence-electron chi connectivity index (χ4n) is 1.65. The van der Waals surface area contributed by atoms with Crippen molar-refractivity contribution in [3.63, 3.8) is 0 Å². The Labute approximate surface area is 122 Å².